The normalized spacial score (nSPS) is 54.1. The number of hydrogen-bond acceptors (Lipinski definition) is 1. The molecule has 98 valence electrons. The van der Waals surface area contributed by atoms with Gasteiger partial charge in [-0.25, -0.2) is 0 Å². The highest BCUT2D eigenvalue weighted by molar-refractivity contribution is 14.1. The van der Waals surface area contributed by atoms with Gasteiger partial charge in [0, 0.05) is 5.41 Å². The maximum atomic E-state index is 9.99. The monoisotopic (exact) mass is 356 g/mol. The molecule has 2 heteroatoms. The smallest absolute Gasteiger partial charge is 0.0549 e. The second kappa shape index (κ2) is 3.63. The summed E-state index contributed by atoms with van der Waals surface area (Å²) in [4.78, 5) is 0. The summed E-state index contributed by atoms with van der Waals surface area (Å²) in [6.45, 7) is 4.48. The minimum absolute atomic E-state index is 0.128. The van der Waals surface area contributed by atoms with Crippen LogP contribution in [0.4, 0.5) is 0 Å². The predicted molar refractivity (Wildman–Crippen MR) is 81.3 cm³/mol. The van der Waals surface area contributed by atoms with Gasteiger partial charge in [-0.3, -0.25) is 0 Å². The lowest BCUT2D eigenvalue weighted by Crippen LogP contribution is -2.62. The molecule has 0 spiro atoms. The average molecular weight is 356 g/mol. The van der Waals surface area contributed by atoms with Crippen LogP contribution in [0.15, 0.2) is 21.3 Å². The fraction of sp³-hybridized carbons (Fsp3) is 0.750. The second-order valence-corrected chi connectivity index (χ2v) is 8.18. The molecule has 0 aliphatic heterocycles. The Kier molecular flexibility index (Phi) is 2.41. The number of fused-ring (bicyclic) bond motifs is 6. The molecule has 4 aliphatic rings. The van der Waals surface area contributed by atoms with Gasteiger partial charge in [-0.1, -0.05) is 24.6 Å². The lowest BCUT2D eigenvalue weighted by atomic mass is 9.38. The Morgan fingerprint density at radius 3 is 2.89 bits per heavy atom. The van der Waals surface area contributed by atoms with E-state index < -0.39 is 0 Å². The van der Waals surface area contributed by atoms with Crippen molar-refractivity contribution in [2.45, 2.75) is 39.2 Å². The van der Waals surface area contributed by atoms with Crippen LogP contribution in [0.25, 0.3) is 0 Å². The molecule has 0 aromatic heterocycles. The van der Waals surface area contributed by atoms with Crippen molar-refractivity contribution in [2.75, 3.05) is 0 Å². The van der Waals surface area contributed by atoms with E-state index in [0.29, 0.717) is 17.3 Å². The molecule has 0 radical (unpaired) electrons. The molecule has 2 saturated carbocycles. The SMILES string of the molecule is CC(O)[C@H]1CC2=CCC3C4CC=C(I)[C@@]4(C)[C@H]3[C@H]21. The summed E-state index contributed by atoms with van der Waals surface area (Å²) in [6, 6.07) is 0. The van der Waals surface area contributed by atoms with Gasteiger partial charge in [0.2, 0.25) is 0 Å². The van der Waals surface area contributed by atoms with E-state index in [0.717, 1.165) is 24.2 Å². The molecule has 7 atom stereocenters. The second-order valence-electron chi connectivity index (χ2n) is 7.02. The number of rotatable bonds is 1. The van der Waals surface area contributed by atoms with Crippen molar-refractivity contribution >= 4 is 22.6 Å². The topological polar surface area (TPSA) is 20.2 Å². The van der Waals surface area contributed by atoms with Crippen molar-refractivity contribution in [1.29, 1.82) is 0 Å². The third kappa shape index (κ3) is 1.18. The molecule has 1 nitrogen and oxygen atoms in total. The number of allylic oxidation sites excluding steroid dienone is 4. The van der Waals surface area contributed by atoms with Gasteiger partial charge in [0.15, 0.2) is 0 Å². The summed E-state index contributed by atoms with van der Waals surface area (Å²) in [6.07, 6.45) is 8.62. The fourth-order valence-corrected chi connectivity index (χ4v) is 6.56. The molecule has 3 unspecified atom stereocenters. The molecule has 0 aromatic carbocycles. The Labute approximate surface area is 123 Å². The van der Waals surface area contributed by atoms with Crippen molar-refractivity contribution in [3.8, 4) is 0 Å². The summed E-state index contributed by atoms with van der Waals surface area (Å²) in [5.41, 5.74) is 2.11. The summed E-state index contributed by atoms with van der Waals surface area (Å²) >= 11 is 2.57. The van der Waals surface area contributed by atoms with Crippen LogP contribution in [0.5, 0.6) is 0 Å². The molecule has 2 fully saturated rings. The maximum absolute atomic E-state index is 9.99. The number of halogens is 1. The summed E-state index contributed by atoms with van der Waals surface area (Å²) in [5.74, 6) is 3.84. The Bertz CT molecular complexity index is 464. The van der Waals surface area contributed by atoms with E-state index in [-0.39, 0.29) is 6.10 Å². The van der Waals surface area contributed by atoms with Crippen molar-refractivity contribution in [3.63, 3.8) is 0 Å². The van der Waals surface area contributed by atoms with Crippen LogP contribution in [0.3, 0.4) is 0 Å². The first-order valence-corrected chi connectivity index (χ1v) is 8.36. The fourth-order valence-electron chi connectivity index (χ4n) is 5.55. The van der Waals surface area contributed by atoms with E-state index in [1.54, 1.807) is 9.15 Å². The summed E-state index contributed by atoms with van der Waals surface area (Å²) in [7, 11) is 0. The molecule has 0 heterocycles. The lowest BCUT2D eigenvalue weighted by Gasteiger charge is -2.67. The van der Waals surface area contributed by atoms with Gasteiger partial charge in [0.05, 0.1) is 6.10 Å². The van der Waals surface area contributed by atoms with Crippen LogP contribution >= 0.6 is 22.6 Å². The molecular weight excluding hydrogens is 335 g/mol. The zero-order valence-corrected chi connectivity index (χ0v) is 13.2. The first kappa shape index (κ1) is 12.0. The Hall–Kier alpha value is 0.170. The Morgan fingerprint density at radius 1 is 1.39 bits per heavy atom. The molecule has 0 bridgehead atoms. The van der Waals surface area contributed by atoms with Crippen molar-refractivity contribution < 1.29 is 5.11 Å². The van der Waals surface area contributed by atoms with Gasteiger partial charge in [-0.15, -0.1) is 0 Å². The summed E-state index contributed by atoms with van der Waals surface area (Å²) < 4.78 is 1.60. The van der Waals surface area contributed by atoms with Gasteiger partial charge < -0.3 is 5.11 Å². The summed E-state index contributed by atoms with van der Waals surface area (Å²) in [5, 5.41) is 9.99. The molecular formula is C16H21IO. The maximum Gasteiger partial charge on any atom is 0.0549 e. The van der Waals surface area contributed by atoms with Crippen LogP contribution < -0.4 is 0 Å². The molecule has 4 aliphatic carbocycles. The number of aliphatic hydroxyl groups is 1. The quantitative estimate of drug-likeness (QED) is 0.558. The Balaban J connectivity index is 1.71. The van der Waals surface area contributed by atoms with Crippen molar-refractivity contribution in [1.82, 2.24) is 0 Å². The minimum atomic E-state index is -0.128. The highest BCUT2D eigenvalue weighted by Crippen LogP contribution is 2.74. The zero-order chi connectivity index (χ0) is 12.7. The molecule has 0 amide bonds. The molecule has 0 saturated heterocycles. The molecule has 18 heavy (non-hydrogen) atoms. The third-order valence-electron chi connectivity index (χ3n) is 6.53. The highest BCUT2D eigenvalue weighted by atomic mass is 127. The Morgan fingerprint density at radius 2 is 2.17 bits per heavy atom. The zero-order valence-electron chi connectivity index (χ0n) is 11.1. The highest BCUT2D eigenvalue weighted by Gasteiger charge is 2.67. The van der Waals surface area contributed by atoms with Crippen LogP contribution in [0.1, 0.15) is 33.1 Å². The van der Waals surface area contributed by atoms with Gasteiger partial charge in [0.1, 0.15) is 0 Å². The standard InChI is InChI=1S/C16H21IO/c1-8(18)11-7-9-3-4-10-12-5-6-13(17)16(12,2)15(10)14(9)11/h3,6,8,10-12,14-15,18H,4-5,7H2,1-2H3/t8?,10?,11-,12?,14-,15-,16+/m1/s1. The average Bonchev–Trinajstić information content (AvgIpc) is 2.53. The van der Waals surface area contributed by atoms with Crippen LogP contribution in [0, 0.1) is 35.0 Å². The molecule has 1 N–H and O–H groups in total. The van der Waals surface area contributed by atoms with Crippen LogP contribution in [0.2, 0.25) is 0 Å². The van der Waals surface area contributed by atoms with E-state index in [9.17, 15) is 5.11 Å². The first-order chi connectivity index (χ1) is 8.55. The van der Waals surface area contributed by atoms with Gasteiger partial charge in [-0.05, 0) is 81.9 Å². The number of aliphatic hydroxyl groups excluding tert-OH is 1. The minimum Gasteiger partial charge on any atom is -0.393 e. The first-order valence-electron chi connectivity index (χ1n) is 7.28. The lowest BCUT2D eigenvalue weighted by molar-refractivity contribution is -0.136. The van der Waals surface area contributed by atoms with E-state index in [1.165, 1.54) is 12.8 Å². The van der Waals surface area contributed by atoms with E-state index in [2.05, 4.69) is 41.7 Å². The largest absolute Gasteiger partial charge is 0.393 e. The predicted octanol–water partition coefficient (Wildman–Crippen LogP) is 3.92. The van der Waals surface area contributed by atoms with Crippen LogP contribution in [-0.4, -0.2) is 11.2 Å². The van der Waals surface area contributed by atoms with E-state index in [1.807, 2.05) is 6.92 Å². The van der Waals surface area contributed by atoms with Crippen LogP contribution in [-0.2, 0) is 0 Å². The van der Waals surface area contributed by atoms with E-state index >= 15 is 0 Å². The third-order valence-corrected chi connectivity index (χ3v) is 8.13. The van der Waals surface area contributed by atoms with E-state index in [4.69, 9.17) is 0 Å². The molecule has 0 aromatic rings. The van der Waals surface area contributed by atoms with Gasteiger partial charge in [0.25, 0.3) is 0 Å². The number of hydrogen-bond donors (Lipinski definition) is 1. The molecule has 4 rings (SSSR count). The van der Waals surface area contributed by atoms with Crippen molar-refractivity contribution in [3.05, 3.63) is 21.3 Å². The van der Waals surface area contributed by atoms with Gasteiger partial charge in [-0.2, -0.15) is 0 Å². The van der Waals surface area contributed by atoms with Gasteiger partial charge >= 0.3 is 0 Å². The van der Waals surface area contributed by atoms with Crippen molar-refractivity contribution in [2.24, 2.45) is 35.0 Å².